The number of methoxy groups -OCH3 is 2. The van der Waals surface area contributed by atoms with Crippen molar-refractivity contribution < 1.29 is 23.8 Å². The summed E-state index contributed by atoms with van der Waals surface area (Å²) in [4.78, 5) is 23.7. The molecule has 6 nitrogen and oxygen atoms in total. The Morgan fingerprint density at radius 3 is 2.15 bits per heavy atom. The topological polar surface area (TPSA) is 73.9 Å². The first kappa shape index (κ1) is 19.1. The van der Waals surface area contributed by atoms with Crippen molar-refractivity contribution in [2.45, 2.75) is 6.92 Å². The molecule has 26 heavy (non-hydrogen) atoms. The van der Waals surface area contributed by atoms with Gasteiger partial charge >= 0.3 is 5.97 Å². The van der Waals surface area contributed by atoms with E-state index in [2.05, 4.69) is 5.32 Å². The minimum Gasteiger partial charge on any atom is -0.497 e. The number of hydrogen-bond donors (Lipinski definition) is 1. The van der Waals surface area contributed by atoms with E-state index in [1.165, 1.54) is 20.3 Å². The van der Waals surface area contributed by atoms with Gasteiger partial charge in [-0.2, -0.15) is 0 Å². The number of anilines is 1. The van der Waals surface area contributed by atoms with E-state index in [1.807, 2.05) is 0 Å². The summed E-state index contributed by atoms with van der Waals surface area (Å²) in [6.45, 7) is 2.09. The molecule has 0 atom stereocenters. The fraction of sp³-hybridized carbons (Fsp3) is 0.200. The molecule has 0 bridgehead atoms. The Morgan fingerprint density at radius 2 is 1.62 bits per heavy atom. The SMILES string of the molecule is CCOC(=O)/C=C/c1ccc(NC(=O)c2cc(OC)cc(OC)c2)cc1. The van der Waals surface area contributed by atoms with Crippen LogP contribution in [0.3, 0.4) is 0 Å². The number of carbonyl (C=O) groups is 2. The van der Waals surface area contributed by atoms with Crippen LogP contribution in [0, 0.1) is 0 Å². The number of ether oxygens (including phenoxy) is 3. The van der Waals surface area contributed by atoms with E-state index in [0.29, 0.717) is 29.4 Å². The smallest absolute Gasteiger partial charge is 0.330 e. The second kappa shape index (κ2) is 9.27. The molecule has 0 spiro atoms. The highest BCUT2D eigenvalue weighted by Gasteiger charge is 2.10. The Kier molecular flexibility index (Phi) is 6.79. The van der Waals surface area contributed by atoms with Crippen LogP contribution in [0.15, 0.2) is 48.5 Å². The minimum absolute atomic E-state index is 0.281. The summed E-state index contributed by atoms with van der Waals surface area (Å²) in [5.41, 5.74) is 1.87. The van der Waals surface area contributed by atoms with E-state index in [9.17, 15) is 9.59 Å². The molecular weight excluding hydrogens is 334 g/mol. The normalized spacial score (nSPS) is 10.4. The number of esters is 1. The van der Waals surface area contributed by atoms with Crippen molar-refractivity contribution in [2.75, 3.05) is 26.1 Å². The number of rotatable bonds is 7. The number of amides is 1. The van der Waals surface area contributed by atoms with Crippen molar-refractivity contribution in [1.29, 1.82) is 0 Å². The average Bonchev–Trinajstić information content (AvgIpc) is 2.67. The van der Waals surface area contributed by atoms with Crippen molar-refractivity contribution >= 4 is 23.6 Å². The molecule has 6 heteroatoms. The maximum absolute atomic E-state index is 12.4. The van der Waals surface area contributed by atoms with Gasteiger partial charge in [-0.25, -0.2) is 4.79 Å². The van der Waals surface area contributed by atoms with E-state index in [1.54, 1.807) is 55.5 Å². The zero-order valence-electron chi connectivity index (χ0n) is 14.9. The van der Waals surface area contributed by atoms with Gasteiger partial charge in [-0.15, -0.1) is 0 Å². The largest absolute Gasteiger partial charge is 0.497 e. The van der Waals surface area contributed by atoms with Crippen LogP contribution in [0.4, 0.5) is 5.69 Å². The molecular formula is C20H21NO5. The molecule has 0 fully saturated rings. The first-order valence-electron chi connectivity index (χ1n) is 8.05. The van der Waals surface area contributed by atoms with Gasteiger partial charge < -0.3 is 19.5 Å². The van der Waals surface area contributed by atoms with Crippen molar-refractivity contribution in [3.8, 4) is 11.5 Å². The molecule has 0 aromatic heterocycles. The highest BCUT2D eigenvalue weighted by molar-refractivity contribution is 6.04. The summed E-state index contributed by atoms with van der Waals surface area (Å²) in [6, 6.07) is 12.0. The maximum Gasteiger partial charge on any atom is 0.330 e. The van der Waals surface area contributed by atoms with Gasteiger partial charge in [-0.3, -0.25) is 4.79 Å². The molecule has 2 aromatic rings. The fourth-order valence-corrected chi connectivity index (χ4v) is 2.17. The summed E-state index contributed by atoms with van der Waals surface area (Å²) >= 11 is 0. The van der Waals surface area contributed by atoms with Gasteiger partial charge in [-0.1, -0.05) is 12.1 Å². The third-order valence-electron chi connectivity index (χ3n) is 3.48. The molecule has 0 aliphatic carbocycles. The van der Waals surface area contributed by atoms with Crippen LogP contribution in [-0.2, 0) is 9.53 Å². The number of hydrogen-bond acceptors (Lipinski definition) is 5. The summed E-state index contributed by atoms with van der Waals surface area (Å²) in [6.07, 6.45) is 3.01. The Balaban J connectivity index is 2.07. The van der Waals surface area contributed by atoms with Crippen LogP contribution in [0.1, 0.15) is 22.8 Å². The van der Waals surface area contributed by atoms with Crippen molar-refractivity contribution in [2.24, 2.45) is 0 Å². The lowest BCUT2D eigenvalue weighted by molar-refractivity contribution is -0.137. The van der Waals surface area contributed by atoms with Crippen LogP contribution in [0.2, 0.25) is 0 Å². The lowest BCUT2D eigenvalue weighted by Gasteiger charge is -2.09. The molecule has 0 unspecified atom stereocenters. The lowest BCUT2D eigenvalue weighted by atomic mass is 10.1. The molecule has 0 radical (unpaired) electrons. The van der Waals surface area contributed by atoms with Crippen LogP contribution in [0.5, 0.6) is 11.5 Å². The van der Waals surface area contributed by atoms with Gasteiger partial charge in [0.1, 0.15) is 11.5 Å². The third-order valence-corrected chi connectivity index (χ3v) is 3.48. The quantitative estimate of drug-likeness (QED) is 0.607. The Bertz CT molecular complexity index is 774. The number of nitrogens with one attached hydrogen (secondary N) is 1. The standard InChI is InChI=1S/C20H21NO5/c1-4-26-19(22)10-7-14-5-8-16(9-6-14)21-20(23)15-11-17(24-2)13-18(12-15)25-3/h5-13H,4H2,1-3H3,(H,21,23)/b10-7+. The van der Waals surface area contributed by atoms with E-state index in [-0.39, 0.29) is 5.91 Å². The number of benzene rings is 2. The minimum atomic E-state index is -0.392. The van der Waals surface area contributed by atoms with Gasteiger partial charge in [0.2, 0.25) is 0 Å². The van der Waals surface area contributed by atoms with Gasteiger partial charge in [0, 0.05) is 23.4 Å². The predicted octanol–water partition coefficient (Wildman–Crippen LogP) is 3.53. The monoisotopic (exact) mass is 355 g/mol. The van der Waals surface area contributed by atoms with Crippen LogP contribution in [-0.4, -0.2) is 32.7 Å². The van der Waals surface area contributed by atoms with Gasteiger partial charge in [0.25, 0.3) is 5.91 Å². The Morgan fingerprint density at radius 1 is 1.00 bits per heavy atom. The van der Waals surface area contributed by atoms with Crippen molar-refractivity contribution in [3.05, 3.63) is 59.7 Å². The first-order chi connectivity index (χ1) is 12.5. The Labute approximate surface area is 152 Å². The molecule has 2 aromatic carbocycles. The van der Waals surface area contributed by atoms with Gasteiger partial charge in [0.15, 0.2) is 0 Å². The van der Waals surface area contributed by atoms with Gasteiger partial charge in [0.05, 0.1) is 20.8 Å². The van der Waals surface area contributed by atoms with Crippen LogP contribution in [0.25, 0.3) is 6.08 Å². The highest BCUT2D eigenvalue weighted by Crippen LogP contribution is 2.23. The second-order valence-electron chi connectivity index (χ2n) is 5.26. The summed E-state index contributed by atoms with van der Waals surface area (Å²) in [5, 5.41) is 2.81. The molecule has 0 saturated carbocycles. The van der Waals surface area contributed by atoms with Crippen LogP contribution >= 0.6 is 0 Å². The molecule has 1 amide bonds. The summed E-state index contributed by atoms with van der Waals surface area (Å²) in [5.74, 6) is 0.400. The molecule has 1 N–H and O–H groups in total. The molecule has 0 aliphatic heterocycles. The lowest BCUT2D eigenvalue weighted by Crippen LogP contribution is -2.12. The van der Waals surface area contributed by atoms with Gasteiger partial charge in [-0.05, 0) is 42.8 Å². The summed E-state index contributed by atoms with van der Waals surface area (Å²) < 4.78 is 15.2. The zero-order valence-corrected chi connectivity index (χ0v) is 14.9. The fourth-order valence-electron chi connectivity index (χ4n) is 2.17. The number of carbonyl (C=O) groups excluding carboxylic acids is 2. The van der Waals surface area contributed by atoms with E-state index >= 15 is 0 Å². The third kappa shape index (κ3) is 5.37. The molecule has 2 rings (SSSR count). The van der Waals surface area contributed by atoms with E-state index in [4.69, 9.17) is 14.2 Å². The Hall–Kier alpha value is -3.28. The van der Waals surface area contributed by atoms with E-state index in [0.717, 1.165) is 5.56 Å². The molecule has 0 aliphatic rings. The highest BCUT2D eigenvalue weighted by atomic mass is 16.5. The summed E-state index contributed by atoms with van der Waals surface area (Å²) in [7, 11) is 3.05. The maximum atomic E-state index is 12.4. The molecule has 0 heterocycles. The molecule has 136 valence electrons. The molecule has 0 saturated heterocycles. The second-order valence-corrected chi connectivity index (χ2v) is 5.26. The predicted molar refractivity (Wildman–Crippen MR) is 99.6 cm³/mol. The first-order valence-corrected chi connectivity index (χ1v) is 8.05. The average molecular weight is 355 g/mol. The zero-order chi connectivity index (χ0) is 18.9. The van der Waals surface area contributed by atoms with Crippen LogP contribution < -0.4 is 14.8 Å². The van der Waals surface area contributed by atoms with E-state index < -0.39 is 5.97 Å². The van der Waals surface area contributed by atoms with Crippen molar-refractivity contribution in [1.82, 2.24) is 0 Å². The van der Waals surface area contributed by atoms with Crippen molar-refractivity contribution in [3.63, 3.8) is 0 Å².